The second-order valence-corrected chi connectivity index (χ2v) is 6.46. The van der Waals surface area contributed by atoms with Crippen molar-refractivity contribution in [1.29, 1.82) is 0 Å². The van der Waals surface area contributed by atoms with Crippen LogP contribution < -0.4 is 5.32 Å². The molecule has 0 aromatic heterocycles. The van der Waals surface area contributed by atoms with Crippen LogP contribution in [-0.4, -0.2) is 6.54 Å². The molecule has 1 aromatic rings. The Balaban J connectivity index is 2.21. The Hall–Kier alpha value is -0.480. The minimum Gasteiger partial charge on any atom is -0.310 e. The van der Waals surface area contributed by atoms with Crippen molar-refractivity contribution >= 4 is 15.9 Å². The van der Waals surface area contributed by atoms with Gasteiger partial charge in [0.05, 0.1) is 4.47 Å². The molecule has 0 bridgehead atoms. The monoisotopic (exact) mass is 345 g/mol. The zero-order valence-corrected chi connectivity index (χ0v) is 13.5. The lowest BCUT2D eigenvalue weighted by Gasteiger charge is -2.28. The first-order chi connectivity index (χ1) is 9.63. The Labute approximate surface area is 128 Å². The fourth-order valence-corrected chi connectivity index (χ4v) is 3.51. The summed E-state index contributed by atoms with van der Waals surface area (Å²) >= 11 is 3.16. The van der Waals surface area contributed by atoms with E-state index in [0.29, 0.717) is 16.9 Å². The van der Waals surface area contributed by atoms with E-state index in [2.05, 4.69) is 21.2 Å². The first-order valence-electron chi connectivity index (χ1n) is 7.50. The number of hydrogen-bond donors (Lipinski definition) is 1. The van der Waals surface area contributed by atoms with Gasteiger partial charge >= 0.3 is 0 Å². The van der Waals surface area contributed by atoms with E-state index >= 15 is 0 Å². The van der Waals surface area contributed by atoms with Crippen molar-refractivity contribution < 1.29 is 8.78 Å². The van der Waals surface area contributed by atoms with Gasteiger partial charge in [0.25, 0.3) is 0 Å². The molecule has 1 fully saturated rings. The molecule has 0 spiro atoms. The van der Waals surface area contributed by atoms with Crippen molar-refractivity contribution in [1.82, 2.24) is 5.32 Å². The predicted molar refractivity (Wildman–Crippen MR) is 81.7 cm³/mol. The van der Waals surface area contributed by atoms with E-state index in [-0.39, 0.29) is 11.6 Å². The maximum Gasteiger partial charge on any atom is 0.145 e. The highest BCUT2D eigenvalue weighted by molar-refractivity contribution is 9.10. The van der Waals surface area contributed by atoms with Gasteiger partial charge in [0.2, 0.25) is 0 Å². The number of halogens is 3. The minimum atomic E-state index is -0.466. The molecule has 1 N–H and O–H groups in total. The summed E-state index contributed by atoms with van der Waals surface area (Å²) < 4.78 is 28.7. The van der Waals surface area contributed by atoms with Crippen LogP contribution in [0.25, 0.3) is 0 Å². The number of rotatable bonds is 5. The quantitative estimate of drug-likeness (QED) is 0.709. The summed E-state index contributed by atoms with van der Waals surface area (Å²) in [4.78, 5) is 0. The molecule has 1 unspecified atom stereocenters. The standard InChI is InChI=1S/C16H22BrF2N/c1-2-20-14(10-11-6-4-3-5-7-11)15-13(18)9-8-12(17)16(15)19/h8-9,11,14,20H,2-7,10H2,1H3. The molecule has 1 aliphatic rings. The average molecular weight is 346 g/mol. The lowest BCUT2D eigenvalue weighted by Crippen LogP contribution is -2.26. The molecule has 1 nitrogen and oxygen atoms in total. The molecule has 1 aliphatic carbocycles. The normalized spacial score (nSPS) is 18.2. The second kappa shape index (κ2) is 7.51. The van der Waals surface area contributed by atoms with Crippen molar-refractivity contribution in [3.63, 3.8) is 0 Å². The molecule has 0 aliphatic heterocycles. The van der Waals surface area contributed by atoms with E-state index in [1.165, 1.54) is 44.2 Å². The molecule has 0 radical (unpaired) electrons. The van der Waals surface area contributed by atoms with Gasteiger partial charge in [0.1, 0.15) is 11.6 Å². The van der Waals surface area contributed by atoms with Crippen molar-refractivity contribution in [2.24, 2.45) is 5.92 Å². The van der Waals surface area contributed by atoms with E-state index < -0.39 is 11.6 Å². The summed E-state index contributed by atoms with van der Waals surface area (Å²) in [7, 11) is 0. The fourth-order valence-electron chi connectivity index (χ4n) is 3.17. The van der Waals surface area contributed by atoms with Crippen LogP contribution in [-0.2, 0) is 0 Å². The summed E-state index contributed by atoms with van der Waals surface area (Å²) in [6, 6.07) is 2.53. The van der Waals surface area contributed by atoms with Gasteiger partial charge in [-0.15, -0.1) is 0 Å². The highest BCUT2D eigenvalue weighted by Crippen LogP contribution is 2.35. The van der Waals surface area contributed by atoms with Crippen LogP contribution in [0.2, 0.25) is 0 Å². The number of benzene rings is 1. The summed E-state index contributed by atoms with van der Waals surface area (Å²) in [6.45, 7) is 2.68. The molecule has 0 heterocycles. The summed E-state index contributed by atoms with van der Waals surface area (Å²) in [5, 5.41) is 3.25. The van der Waals surface area contributed by atoms with E-state index in [4.69, 9.17) is 0 Å². The zero-order valence-electron chi connectivity index (χ0n) is 11.9. The summed E-state index contributed by atoms with van der Waals surface area (Å²) in [5.74, 6) is -0.343. The molecular weight excluding hydrogens is 324 g/mol. The van der Waals surface area contributed by atoms with Crippen molar-refractivity contribution in [2.45, 2.75) is 51.5 Å². The van der Waals surface area contributed by atoms with Crippen molar-refractivity contribution in [3.05, 3.63) is 33.8 Å². The van der Waals surface area contributed by atoms with Gasteiger partial charge in [-0.25, -0.2) is 8.78 Å². The molecule has 0 amide bonds. The van der Waals surface area contributed by atoms with E-state index in [1.807, 2.05) is 6.92 Å². The second-order valence-electron chi connectivity index (χ2n) is 5.61. The summed E-state index contributed by atoms with van der Waals surface area (Å²) in [6.07, 6.45) is 6.96. The highest BCUT2D eigenvalue weighted by atomic mass is 79.9. The third-order valence-electron chi connectivity index (χ3n) is 4.17. The Morgan fingerprint density at radius 2 is 1.95 bits per heavy atom. The van der Waals surface area contributed by atoms with Gasteiger partial charge in [-0.05, 0) is 46.9 Å². The van der Waals surface area contributed by atoms with E-state index in [0.717, 1.165) is 6.42 Å². The Kier molecular flexibility index (Phi) is 5.97. The molecule has 4 heteroatoms. The van der Waals surface area contributed by atoms with Crippen LogP contribution in [0.15, 0.2) is 16.6 Å². The first-order valence-corrected chi connectivity index (χ1v) is 8.29. The molecule has 0 saturated heterocycles. The molecule has 112 valence electrons. The zero-order chi connectivity index (χ0) is 14.5. The van der Waals surface area contributed by atoms with Gasteiger partial charge in [-0.2, -0.15) is 0 Å². The maximum atomic E-state index is 14.3. The minimum absolute atomic E-state index is 0.187. The molecule has 2 rings (SSSR count). The van der Waals surface area contributed by atoms with Gasteiger partial charge < -0.3 is 5.32 Å². The average Bonchev–Trinajstić information content (AvgIpc) is 2.45. The maximum absolute atomic E-state index is 14.3. The van der Waals surface area contributed by atoms with Gasteiger partial charge in [0.15, 0.2) is 0 Å². The van der Waals surface area contributed by atoms with Crippen LogP contribution in [0.5, 0.6) is 0 Å². The van der Waals surface area contributed by atoms with Crippen LogP contribution in [0, 0.1) is 17.6 Å². The topological polar surface area (TPSA) is 12.0 Å². The molecule has 20 heavy (non-hydrogen) atoms. The van der Waals surface area contributed by atoms with Crippen LogP contribution in [0.1, 0.15) is 57.1 Å². The summed E-state index contributed by atoms with van der Waals surface area (Å²) in [5.41, 5.74) is 0.187. The SMILES string of the molecule is CCNC(CC1CCCCC1)c1c(F)ccc(Br)c1F. The fraction of sp³-hybridized carbons (Fsp3) is 0.625. The van der Waals surface area contributed by atoms with E-state index in [1.54, 1.807) is 0 Å². The predicted octanol–water partition coefficient (Wildman–Crippen LogP) is 5.35. The lowest BCUT2D eigenvalue weighted by atomic mass is 9.83. The largest absolute Gasteiger partial charge is 0.310 e. The highest BCUT2D eigenvalue weighted by Gasteiger charge is 2.25. The number of hydrogen-bond acceptors (Lipinski definition) is 1. The third kappa shape index (κ3) is 3.79. The molecular formula is C16H22BrF2N. The van der Waals surface area contributed by atoms with Gasteiger partial charge in [0, 0.05) is 11.6 Å². The molecule has 1 aromatic carbocycles. The Morgan fingerprint density at radius 1 is 1.25 bits per heavy atom. The van der Waals surface area contributed by atoms with Crippen molar-refractivity contribution in [3.8, 4) is 0 Å². The molecule has 1 saturated carbocycles. The van der Waals surface area contributed by atoms with Crippen LogP contribution in [0.4, 0.5) is 8.78 Å². The van der Waals surface area contributed by atoms with Crippen LogP contribution in [0.3, 0.4) is 0 Å². The van der Waals surface area contributed by atoms with Gasteiger partial charge in [-0.1, -0.05) is 39.0 Å². The molecule has 1 atom stereocenters. The van der Waals surface area contributed by atoms with Gasteiger partial charge in [-0.3, -0.25) is 0 Å². The third-order valence-corrected chi connectivity index (χ3v) is 4.78. The van der Waals surface area contributed by atoms with E-state index in [9.17, 15) is 8.78 Å². The Morgan fingerprint density at radius 3 is 2.60 bits per heavy atom. The first kappa shape index (κ1) is 15.9. The Bertz CT molecular complexity index is 444. The van der Waals surface area contributed by atoms with Crippen LogP contribution >= 0.6 is 15.9 Å². The smallest absolute Gasteiger partial charge is 0.145 e. The number of nitrogens with one attached hydrogen (secondary N) is 1. The van der Waals surface area contributed by atoms with Crippen molar-refractivity contribution in [2.75, 3.05) is 6.54 Å². The lowest BCUT2D eigenvalue weighted by molar-refractivity contribution is 0.295.